The van der Waals surface area contributed by atoms with E-state index in [4.69, 9.17) is 5.73 Å². The molecule has 0 radical (unpaired) electrons. The van der Waals surface area contributed by atoms with Crippen LogP contribution in [0.4, 0.5) is 5.82 Å². The normalized spacial score (nSPS) is 11.7. The fourth-order valence-corrected chi connectivity index (χ4v) is 2.77. The topological polar surface area (TPSA) is 137 Å². The number of nitrogens with one attached hydrogen (secondary N) is 1. The summed E-state index contributed by atoms with van der Waals surface area (Å²) in [7, 11) is 0. The number of nitrogen functional groups attached to an aromatic ring is 1. The number of hydrogen-bond acceptors (Lipinski definition) is 8. The smallest absolute Gasteiger partial charge is 0.292 e. The number of amides is 1. The summed E-state index contributed by atoms with van der Waals surface area (Å²) in [6.07, 6.45) is 0. The number of rotatable bonds is 4. The van der Waals surface area contributed by atoms with E-state index in [9.17, 15) is 4.79 Å². The van der Waals surface area contributed by atoms with Crippen LogP contribution in [-0.4, -0.2) is 36.9 Å². The van der Waals surface area contributed by atoms with Crippen molar-refractivity contribution in [3.8, 4) is 5.82 Å². The van der Waals surface area contributed by atoms with Crippen molar-refractivity contribution in [3.05, 3.63) is 59.4 Å². The maximum atomic E-state index is 12.7. The van der Waals surface area contributed by atoms with Crippen LogP contribution in [0.25, 0.3) is 16.6 Å². The first-order chi connectivity index (χ1) is 13.5. The predicted molar refractivity (Wildman–Crippen MR) is 102 cm³/mol. The van der Waals surface area contributed by atoms with E-state index in [0.717, 1.165) is 21.0 Å². The van der Waals surface area contributed by atoms with Crippen LogP contribution >= 0.6 is 0 Å². The Bertz CT molecular complexity index is 1210. The summed E-state index contributed by atoms with van der Waals surface area (Å²) in [6.45, 7) is 3.45. The van der Waals surface area contributed by atoms with Gasteiger partial charge in [-0.25, -0.2) is 10.1 Å². The Hall–Kier alpha value is -4.08. The van der Waals surface area contributed by atoms with Crippen LogP contribution in [0.1, 0.15) is 28.7 Å². The van der Waals surface area contributed by atoms with E-state index < -0.39 is 5.91 Å². The second-order valence-electron chi connectivity index (χ2n) is 6.11. The Kier molecular flexibility index (Phi) is 4.28. The summed E-state index contributed by atoms with van der Waals surface area (Å²) in [5.41, 5.74) is 10.3. The minimum Gasteiger partial charge on any atom is -0.378 e. The highest BCUT2D eigenvalue weighted by atomic mass is 16.6. The summed E-state index contributed by atoms with van der Waals surface area (Å²) in [5, 5.41) is 21.3. The first-order valence-electron chi connectivity index (χ1n) is 8.39. The third kappa shape index (κ3) is 3.07. The van der Waals surface area contributed by atoms with Gasteiger partial charge in [0.15, 0.2) is 5.69 Å². The Morgan fingerprint density at radius 3 is 2.71 bits per heavy atom. The number of fused-ring (bicyclic) bond motifs is 1. The van der Waals surface area contributed by atoms with E-state index in [2.05, 4.69) is 35.8 Å². The zero-order valence-electron chi connectivity index (χ0n) is 15.1. The third-order valence-electron chi connectivity index (χ3n) is 4.24. The second-order valence-corrected chi connectivity index (χ2v) is 6.11. The summed E-state index contributed by atoms with van der Waals surface area (Å²) in [5.74, 6) is -0.430. The van der Waals surface area contributed by atoms with Gasteiger partial charge in [-0.05, 0) is 46.6 Å². The first kappa shape index (κ1) is 17.3. The lowest BCUT2D eigenvalue weighted by atomic mass is 10.0. The van der Waals surface area contributed by atoms with Crippen molar-refractivity contribution < 1.29 is 9.42 Å². The van der Waals surface area contributed by atoms with Crippen LogP contribution in [0.15, 0.2) is 52.2 Å². The summed E-state index contributed by atoms with van der Waals surface area (Å²) < 4.78 is 5.73. The average Bonchev–Trinajstić information content (AvgIpc) is 3.30. The third-order valence-corrected chi connectivity index (χ3v) is 4.24. The quantitative estimate of drug-likeness (QED) is 0.409. The standard InChI is InChI=1S/C18H16N8O2/c1-10(13-8-7-12-5-3-4-6-14(12)9-13)20-22-18(27)15-11(2)21-25-26(15)17-16(19)23-28-24-17/h3-9H,1-2H3,(H2,19,23)(H,22,27). The van der Waals surface area contributed by atoms with Gasteiger partial charge in [0.25, 0.3) is 5.91 Å². The zero-order chi connectivity index (χ0) is 19.7. The lowest BCUT2D eigenvalue weighted by Crippen LogP contribution is -2.24. The molecule has 0 aliphatic rings. The molecule has 0 fully saturated rings. The maximum Gasteiger partial charge on any atom is 0.292 e. The number of aromatic nitrogens is 5. The number of benzene rings is 2. The van der Waals surface area contributed by atoms with Crippen LogP contribution in [0.2, 0.25) is 0 Å². The number of anilines is 1. The molecule has 10 nitrogen and oxygen atoms in total. The lowest BCUT2D eigenvalue weighted by molar-refractivity contribution is 0.0946. The molecule has 2 aromatic heterocycles. The maximum absolute atomic E-state index is 12.7. The van der Waals surface area contributed by atoms with E-state index in [1.165, 1.54) is 0 Å². The van der Waals surface area contributed by atoms with E-state index in [-0.39, 0.29) is 17.3 Å². The number of carbonyl (C=O) groups is 1. The first-order valence-corrected chi connectivity index (χ1v) is 8.39. The van der Waals surface area contributed by atoms with Crippen molar-refractivity contribution in [2.75, 3.05) is 5.73 Å². The molecule has 2 heterocycles. The zero-order valence-corrected chi connectivity index (χ0v) is 15.1. The van der Waals surface area contributed by atoms with Gasteiger partial charge in [0.05, 0.1) is 11.4 Å². The van der Waals surface area contributed by atoms with Crippen molar-refractivity contribution in [2.45, 2.75) is 13.8 Å². The molecule has 28 heavy (non-hydrogen) atoms. The van der Waals surface area contributed by atoms with Crippen molar-refractivity contribution in [1.82, 2.24) is 30.7 Å². The van der Waals surface area contributed by atoms with E-state index in [1.54, 1.807) is 6.92 Å². The molecule has 0 unspecified atom stereocenters. The van der Waals surface area contributed by atoms with Gasteiger partial charge in [0, 0.05) is 0 Å². The van der Waals surface area contributed by atoms with Gasteiger partial charge < -0.3 is 5.73 Å². The SMILES string of the molecule is CC(=NNC(=O)c1c(C)nnn1-c1nonc1N)c1ccc2ccccc2c1. The van der Waals surface area contributed by atoms with Crippen LogP contribution in [-0.2, 0) is 0 Å². The number of hydrogen-bond donors (Lipinski definition) is 2. The monoisotopic (exact) mass is 376 g/mol. The van der Waals surface area contributed by atoms with Crippen LogP contribution < -0.4 is 11.2 Å². The van der Waals surface area contributed by atoms with Crippen molar-refractivity contribution in [2.24, 2.45) is 5.10 Å². The largest absolute Gasteiger partial charge is 0.378 e. The highest BCUT2D eigenvalue weighted by Gasteiger charge is 2.22. The Labute approximate surface area is 159 Å². The molecule has 3 N–H and O–H groups in total. The Balaban J connectivity index is 1.60. The minimum atomic E-state index is -0.509. The van der Waals surface area contributed by atoms with Gasteiger partial charge in [-0.1, -0.05) is 41.6 Å². The van der Waals surface area contributed by atoms with Crippen molar-refractivity contribution >= 4 is 28.2 Å². The van der Waals surface area contributed by atoms with Crippen molar-refractivity contribution in [3.63, 3.8) is 0 Å². The van der Waals surface area contributed by atoms with Crippen molar-refractivity contribution in [1.29, 1.82) is 0 Å². The minimum absolute atomic E-state index is 0.00482. The molecule has 2 aromatic carbocycles. The van der Waals surface area contributed by atoms with E-state index in [1.807, 2.05) is 49.4 Å². The Morgan fingerprint density at radius 2 is 1.96 bits per heavy atom. The van der Waals surface area contributed by atoms with Gasteiger partial charge in [-0.15, -0.1) is 5.10 Å². The molecule has 10 heteroatoms. The molecular weight excluding hydrogens is 360 g/mol. The summed E-state index contributed by atoms with van der Waals surface area (Å²) in [6, 6.07) is 14.0. The van der Waals surface area contributed by atoms with Gasteiger partial charge in [0.1, 0.15) is 0 Å². The highest BCUT2D eigenvalue weighted by Crippen LogP contribution is 2.17. The summed E-state index contributed by atoms with van der Waals surface area (Å²) >= 11 is 0. The molecule has 0 saturated heterocycles. The number of nitrogens with two attached hydrogens (primary N) is 1. The predicted octanol–water partition coefficient (Wildman–Crippen LogP) is 1.85. The molecule has 0 aliphatic carbocycles. The van der Waals surface area contributed by atoms with Gasteiger partial charge in [0.2, 0.25) is 11.6 Å². The molecule has 4 rings (SSSR count). The molecular formula is C18H16N8O2. The number of aryl methyl sites for hydroxylation is 1. The van der Waals surface area contributed by atoms with Gasteiger partial charge in [-0.3, -0.25) is 4.79 Å². The summed E-state index contributed by atoms with van der Waals surface area (Å²) in [4.78, 5) is 12.7. The number of hydrazone groups is 1. The molecule has 0 saturated carbocycles. The van der Waals surface area contributed by atoms with Crippen LogP contribution in [0.5, 0.6) is 0 Å². The highest BCUT2D eigenvalue weighted by molar-refractivity contribution is 6.03. The molecule has 0 spiro atoms. The van der Waals surface area contributed by atoms with Crippen LogP contribution in [0, 0.1) is 6.92 Å². The lowest BCUT2D eigenvalue weighted by Gasteiger charge is -2.06. The molecule has 0 aliphatic heterocycles. The van der Waals surface area contributed by atoms with Crippen LogP contribution in [0.3, 0.4) is 0 Å². The van der Waals surface area contributed by atoms with E-state index in [0.29, 0.717) is 11.4 Å². The molecule has 0 atom stereocenters. The Morgan fingerprint density at radius 1 is 1.18 bits per heavy atom. The number of nitrogens with zero attached hydrogens (tertiary/aromatic N) is 6. The number of carbonyl (C=O) groups excluding carboxylic acids is 1. The molecule has 140 valence electrons. The molecule has 1 amide bonds. The fourth-order valence-electron chi connectivity index (χ4n) is 2.77. The van der Waals surface area contributed by atoms with E-state index >= 15 is 0 Å². The second kappa shape index (κ2) is 6.91. The van der Waals surface area contributed by atoms with Gasteiger partial charge >= 0.3 is 0 Å². The van der Waals surface area contributed by atoms with Gasteiger partial charge in [-0.2, -0.15) is 9.78 Å². The molecule has 0 bridgehead atoms. The molecule has 4 aromatic rings. The average molecular weight is 376 g/mol. The fraction of sp³-hybridized carbons (Fsp3) is 0.111.